The van der Waals surface area contributed by atoms with Crippen LogP contribution in [0.15, 0.2) is 35.4 Å². The lowest BCUT2D eigenvalue weighted by atomic mass is 10.1. The van der Waals surface area contributed by atoms with Crippen LogP contribution in [-0.4, -0.2) is 12.1 Å². The highest BCUT2D eigenvalue weighted by Crippen LogP contribution is 2.23. The van der Waals surface area contributed by atoms with E-state index in [1.165, 1.54) is 11.9 Å². The first-order chi connectivity index (χ1) is 6.79. The highest BCUT2D eigenvalue weighted by molar-refractivity contribution is 5.97. The van der Waals surface area contributed by atoms with Crippen LogP contribution < -0.4 is 5.01 Å². The van der Waals surface area contributed by atoms with Crippen LogP contribution in [0.2, 0.25) is 0 Å². The van der Waals surface area contributed by atoms with Gasteiger partial charge in [0.2, 0.25) is 5.91 Å². The van der Waals surface area contributed by atoms with Crippen molar-refractivity contribution in [3.8, 4) is 0 Å². The molecule has 0 radical (unpaired) electrons. The lowest BCUT2D eigenvalue weighted by Crippen LogP contribution is -2.22. The van der Waals surface area contributed by atoms with Crippen LogP contribution in [0, 0.1) is 0 Å². The first kappa shape index (κ1) is 8.69. The molecule has 0 saturated heterocycles. The molecule has 0 aromatic heterocycles. The number of rotatable bonds is 0. The molecule has 70 valence electrons. The maximum Gasteiger partial charge on any atom is 0.244 e. The van der Waals surface area contributed by atoms with Crippen molar-refractivity contribution in [2.24, 2.45) is 5.10 Å². The molecule has 1 aliphatic heterocycles. The highest BCUT2D eigenvalue weighted by atomic mass is 16.2. The molecule has 1 aromatic carbocycles. The molecule has 3 nitrogen and oxygen atoms in total. The Morgan fingerprint density at radius 1 is 1.36 bits per heavy atom. The summed E-state index contributed by atoms with van der Waals surface area (Å²) in [5.74, 6) is -0.0857. The van der Waals surface area contributed by atoms with Gasteiger partial charge < -0.3 is 0 Å². The summed E-state index contributed by atoms with van der Waals surface area (Å²) in [5.41, 5.74) is 1.82. The normalized spacial score (nSPS) is 13.6. The lowest BCUT2D eigenvalue weighted by Gasteiger charge is -2.15. The number of benzene rings is 1. The first-order valence-corrected chi connectivity index (χ1v) is 4.39. The van der Waals surface area contributed by atoms with E-state index in [1.807, 2.05) is 36.4 Å². The predicted octanol–water partition coefficient (Wildman–Crippen LogP) is 2.05. The van der Waals surface area contributed by atoms with Gasteiger partial charge in [-0.15, -0.1) is 0 Å². The largest absolute Gasteiger partial charge is 0.273 e. The van der Waals surface area contributed by atoms with E-state index in [0.29, 0.717) is 0 Å². The summed E-state index contributed by atoms with van der Waals surface area (Å²) >= 11 is 0. The minimum Gasteiger partial charge on any atom is -0.273 e. The Morgan fingerprint density at radius 3 is 2.93 bits per heavy atom. The van der Waals surface area contributed by atoms with Crippen molar-refractivity contribution in [1.82, 2.24) is 0 Å². The zero-order chi connectivity index (χ0) is 9.97. The van der Waals surface area contributed by atoms with Gasteiger partial charge >= 0.3 is 0 Å². The maximum absolute atomic E-state index is 11.3. The standard InChI is InChI=1S/C11H10N2O/c1-9(14)13-11-7-3-2-5-10(11)6-4-8-12-13/h2-8H,1H3. The van der Waals surface area contributed by atoms with Gasteiger partial charge in [0.15, 0.2) is 0 Å². The Morgan fingerprint density at radius 2 is 2.14 bits per heavy atom. The predicted molar refractivity (Wildman–Crippen MR) is 57.1 cm³/mol. The van der Waals surface area contributed by atoms with Crippen LogP contribution in [-0.2, 0) is 4.79 Å². The van der Waals surface area contributed by atoms with E-state index in [9.17, 15) is 4.79 Å². The summed E-state index contributed by atoms with van der Waals surface area (Å²) in [4.78, 5) is 11.3. The van der Waals surface area contributed by atoms with Crippen LogP contribution >= 0.6 is 0 Å². The Kier molecular flexibility index (Phi) is 2.14. The van der Waals surface area contributed by atoms with E-state index in [-0.39, 0.29) is 5.91 Å². The molecule has 14 heavy (non-hydrogen) atoms. The quantitative estimate of drug-likeness (QED) is 0.610. The van der Waals surface area contributed by atoms with Gasteiger partial charge in [0.25, 0.3) is 0 Å². The molecule has 0 saturated carbocycles. The fourth-order valence-corrected chi connectivity index (χ4v) is 1.39. The fraction of sp³-hybridized carbons (Fsp3) is 0.0909. The van der Waals surface area contributed by atoms with Gasteiger partial charge in [-0.25, -0.2) is 5.01 Å². The van der Waals surface area contributed by atoms with Gasteiger partial charge in [-0.3, -0.25) is 4.79 Å². The molecule has 1 heterocycles. The molecule has 1 aliphatic rings. The number of hydrogen-bond donors (Lipinski definition) is 0. The third-order valence-electron chi connectivity index (χ3n) is 2.01. The fourth-order valence-electron chi connectivity index (χ4n) is 1.39. The van der Waals surface area contributed by atoms with Crippen molar-refractivity contribution < 1.29 is 4.79 Å². The van der Waals surface area contributed by atoms with Crippen LogP contribution in [0.25, 0.3) is 6.08 Å². The van der Waals surface area contributed by atoms with Crippen LogP contribution in [0.5, 0.6) is 0 Å². The molecule has 0 atom stereocenters. The number of carbonyl (C=O) groups excluding carboxylic acids is 1. The number of hydrogen-bond acceptors (Lipinski definition) is 2. The van der Waals surface area contributed by atoms with E-state index in [4.69, 9.17) is 0 Å². The van der Waals surface area contributed by atoms with E-state index in [0.717, 1.165) is 11.3 Å². The lowest BCUT2D eigenvalue weighted by molar-refractivity contribution is -0.116. The average Bonchev–Trinajstić information content (AvgIpc) is 2.39. The van der Waals surface area contributed by atoms with Crippen LogP contribution in [0.4, 0.5) is 5.69 Å². The monoisotopic (exact) mass is 186 g/mol. The summed E-state index contributed by atoms with van der Waals surface area (Å²) in [6, 6.07) is 7.66. The highest BCUT2D eigenvalue weighted by Gasteiger charge is 2.13. The van der Waals surface area contributed by atoms with Crippen molar-refractivity contribution in [2.75, 3.05) is 5.01 Å². The van der Waals surface area contributed by atoms with E-state index >= 15 is 0 Å². The zero-order valence-corrected chi connectivity index (χ0v) is 7.84. The average molecular weight is 186 g/mol. The molecule has 0 spiro atoms. The topological polar surface area (TPSA) is 32.7 Å². The molecule has 3 heteroatoms. The summed E-state index contributed by atoms with van der Waals surface area (Å²) in [6.07, 6.45) is 5.37. The van der Waals surface area contributed by atoms with Crippen molar-refractivity contribution >= 4 is 23.9 Å². The third kappa shape index (κ3) is 1.44. The van der Waals surface area contributed by atoms with Crippen molar-refractivity contribution in [3.05, 3.63) is 35.9 Å². The Labute approximate surface area is 82.3 Å². The summed E-state index contributed by atoms with van der Waals surface area (Å²) < 4.78 is 0. The van der Waals surface area contributed by atoms with Crippen molar-refractivity contribution in [2.45, 2.75) is 6.92 Å². The number of para-hydroxylation sites is 1. The van der Waals surface area contributed by atoms with Crippen molar-refractivity contribution in [3.63, 3.8) is 0 Å². The van der Waals surface area contributed by atoms with Crippen LogP contribution in [0.1, 0.15) is 12.5 Å². The molecule has 0 aliphatic carbocycles. The number of nitrogens with zero attached hydrogens (tertiary/aromatic N) is 2. The summed E-state index contributed by atoms with van der Waals surface area (Å²) in [7, 11) is 0. The first-order valence-electron chi connectivity index (χ1n) is 4.39. The maximum atomic E-state index is 11.3. The molecular weight excluding hydrogens is 176 g/mol. The number of hydrazone groups is 1. The van der Waals surface area contributed by atoms with Gasteiger partial charge in [0.1, 0.15) is 0 Å². The van der Waals surface area contributed by atoms with Crippen LogP contribution in [0.3, 0.4) is 0 Å². The molecular formula is C11H10N2O. The van der Waals surface area contributed by atoms with Gasteiger partial charge in [-0.1, -0.05) is 24.3 Å². The molecule has 1 aromatic rings. The molecule has 0 fully saturated rings. The molecule has 0 bridgehead atoms. The van der Waals surface area contributed by atoms with E-state index in [2.05, 4.69) is 5.10 Å². The third-order valence-corrected chi connectivity index (χ3v) is 2.01. The number of amides is 1. The van der Waals surface area contributed by atoms with Gasteiger partial charge in [-0.05, 0) is 12.1 Å². The molecule has 0 unspecified atom stereocenters. The Hall–Kier alpha value is -1.90. The minimum absolute atomic E-state index is 0.0857. The summed E-state index contributed by atoms with van der Waals surface area (Å²) in [6.45, 7) is 1.50. The minimum atomic E-state index is -0.0857. The molecule has 1 amide bonds. The second kappa shape index (κ2) is 3.46. The SMILES string of the molecule is CC(=O)N1N=CC=Cc2ccccc21. The van der Waals surface area contributed by atoms with Crippen molar-refractivity contribution in [1.29, 1.82) is 0 Å². The number of anilines is 1. The van der Waals surface area contributed by atoms with E-state index < -0.39 is 0 Å². The molecule has 2 rings (SSSR count). The van der Waals surface area contributed by atoms with Gasteiger partial charge in [0, 0.05) is 18.7 Å². The van der Waals surface area contributed by atoms with E-state index in [1.54, 1.807) is 6.21 Å². The Bertz CT molecular complexity index is 421. The number of fused-ring (bicyclic) bond motifs is 1. The summed E-state index contributed by atoms with van der Waals surface area (Å²) in [5, 5.41) is 5.43. The number of allylic oxidation sites excluding steroid dienone is 1. The van der Waals surface area contributed by atoms with Gasteiger partial charge in [-0.2, -0.15) is 5.10 Å². The Balaban J connectivity index is 2.55. The van der Waals surface area contributed by atoms with Gasteiger partial charge in [0.05, 0.1) is 5.69 Å². The zero-order valence-electron chi connectivity index (χ0n) is 7.84. The second-order valence-electron chi connectivity index (χ2n) is 3.01. The second-order valence-corrected chi connectivity index (χ2v) is 3.01. The number of carbonyl (C=O) groups is 1. The smallest absolute Gasteiger partial charge is 0.244 e. The molecule has 0 N–H and O–H groups in total.